The van der Waals surface area contributed by atoms with Crippen molar-refractivity contribution in [3.8, 4) is 35.5 Å². The molecule has 1 aromatic heterocycles. The Labute approximate surface area is 133 Å². The van der Waals surface area contributed by atoms with E-state index in [1.54, 1.807) is 6.92 Å². The van der Waals surface area contributed by atoms with Gasteiger partial charge in [-0.3, -0.25) is 9.59 Å². The highest BCUT2D eigenvalue weighted by Gasteiger charge is 2.10. The van der Waals surface area contributed by atoms with Gasteiger partial charge in [0.05, 0.1) is 9.75 Å². The van der Waals surface area contributed by atoms with Gasteiger partial charge in [0.15, 0.2) is 6.10 Å². The van der Waals surface area contributed by atoms with Gasteiger partial charge in [0.25, 0.3) is 0 Å². The fourth-order valence-corrected chi connectivity index (χ4v) is 2.00. The maximum absolute atomic E-state index is 11.0. The van der Waals surface area contributed by atoms with Gasteiger partial charge >= 0.3 is 11.9 Å². The largest absolute Gasteiger partial charge is 0.461 e. The Bertz CT molecular complexity index is 726. The molecule has 0 aromatic carbocycles. The maximum atomic E-state index is 11.0. The molecule has 0 aliphatic carbocycles. The Kier molecular flexibility index (Phi) is 7.34. The van der Waals surface area contributed by atoms with Crippen LogP contribution in [-0.4, -0.2) is 24.6 Å². The quantitative estimate of drug-likeness (QED) is 0.632. The molecule has 0 N–H and O–H groups in total. The Morgan fingerprint density at radius 1 is 1.14 bits per heavy atom. The van der Waals surface area contributed by atoms with Crippen molar-refractivity contribution in [1.82, 2.24) is 0 Å². The molecule has 0 saturated carbocycles. The second kappa shape index (κ2) is 9.29. The molecule has 0 saturated heterocycles. The molecule has 0 aliphatic heterocycles. The molecular weight excluding hydrogens is 300 g/mol. The molecule has 5 heteroatoms. The van der Waals surface area contributed by atoms with Gasteiger partial charge in [-0.25, -0.2) is 0 Å². The zero-order valence-corrected chi connectivity index (χ0v) is 13.3. The van der Waals surface area contributed by atoms with Gasteiger partial charge < -0.3 is 9.47 Å². The first-order valence-electron chi connectivity index (χ1n) is 6.36. The lowest BCUT2D eigenvalue weighted by Crippen LogP contribution is -2.22. The number of carbonyl (C=O) groups excluding carboxylic acids is 2. The van der Waals surface area contributed by atoms with E-state index >= 15 is 0 Å². The predicted molar refractivity (Wildman–Crippen MR) is 83.7 cm³/mol. The number of hydrogen-bond acceptors (Lipinski definition) is 5. The van der Waals surface area contributed by atoms with Crippen LogP contribution in [0.5, 0.6) is 0 Å². The van der Waals surface area contributed by atoms with Gasteiger partial charge in [-0.05, 0) is 42.7 Å². The molecule has 0 bridgehead atoms. The third-order valence-electron chi connectivity index (χ3n) is 2.08. The highest BCUT2D eigenvalue weighted by molar-refractivity contribution is 7.13. The molecule has 1 rings (SSSR count). The van der Waals surface area contributed by atoms with E-state index in [9.17, 15) is 9.59 Å². The molecule has 0 amide bonds. The van der Waals surface area contributed by atoms with Crippen molar-refractivity contribution in [3.63, 3.8) is 0 Å². The van der Waals surface area contributed by atoms with E-state index in [0.717, 1.165) is 9.75 Å². The zero-order chi connectivity index (χ0) is 16.4. The minimum Gasteiger partial charge on any atom is -0.461 e. The zero-order valence-electron chi connectivity index (χ0n) is 12.5. The first kappa shape index (κ1) is 17.4. The summed E-state index contributed by atoms with van der Waals surface area (Å²) in [7, 11) is 0. The Balaban J connectivity index is 2.78. The first-order chi connectivity index (χ1) is 10.5. The molecule has 0 aliphatic rings. The molecule has 4 nitrogen and oxygen atoms in total. The van der Waals surface area contributed by atoms with E-state index in [0.29, 0.717) is 0 Å². The summed E-state index contributed by atoms with van der Waals surface area (Å²) in [5.74, 6) is 15.7. The third-order valence-corrected chi connectivity index (χ3v) is 3.00. The normalized spacial score (nSPS) is 9.77. The Morgan fingerprint density at radius 2 is 1.82 bits per heavy atom. The Morgan fingerprint density at radius 3 is 2.41 bits per heavy atom. The van der Waals surface area contributed by atoms with Crippen molar-refractivity contribution in [1.29, 1.82) is 0 Å². The van der Waals surface area contributed by atoms with Crippen LogP contribution in [0.2, 0.25) is 0 Å². The third kappa shape index (κ3) is 7.20. The van der Waals surface area contributed by atoms with Crippen molar-refractivity contribution in [2.24, 2.45) is 0 Å². The van der Waals surface area contributed by atoms with Crippen LogP contribution in [0.4, 0.5) is 0 Å². The van der Waals surface area contributed by atoms with E-state index in [1.165, 1.54) is 25.2 Å². The van der Waals surface area contributed by atoms with Gasteiger partial charge in [0.2, 0.25) is 0 Å². The van der Waals surface area contributed by atoms with E-state index in [-0.39, 0.29) is 6.61 Å². The summed E-state index contributed by atoms with van der Waals surface area (Å²) >= 11 is 1.41. The lowest BCUT2D eigenvalue weighted by atomic mass is 10.3. The SMILES string of the molecule is CC#CC#Cc1ccc(C#CC(COC(C)=O)OC(C)=O)s1. The lowest BCUT2D eigenvalue weighted by molar-refractivity contribution is -0.152. The summed E-state index contributed by atoms with van der Waals surface area (Å²) in [6, 6.07) is 3.66. The molecule has 1 atom stereocenters. The van der Waals surface area contributed by atoms with E-state index in [2.05, 4.69) is 35.5 Å². The first-order valence-corrected chi connectivity index (χ1v) is 7.17. The monoisotopic (exact) mass is 314 g/mol. The number of ether oxygens (including phenoxy) is 2. The van der Waals surface area contributed by atoms with Crippen LogP contribution in [0.1, 0.15) is 30.5 Å². The standard InChI is InChI=1S/C17H14O4S/c1-4-5-6-7-16-10-11-17(22-16)9-8-15(21-14(3)19)12-20-13(2)18/h10-11,15H,12H2,1-3H3. The van der Waals surface area contributed by atoms with E-state index < -0.39 is 18.0 Å². The average molecular weight is 314 g/mol. The van der Waals surface area contributed by atoms with Gasteiger partial charge in [-0.2, -0.15) is 0 Å². The van der Waals surface area contributed by atoms with Crippen molar-refractivity contribution >= 4 is 23.3 Å². The summed E-state index contributed by atoms with van der Waals surface area (Å²) < 4.78 is 9.79. The number of esters is 2. The Hall–Kier alpha value is -2.68. The topological polar surface area (TPSA) is 52.6 Å². The molecular formula is C17H14O4S. The second-order valence-electron chi connectivity index (χ2n) is 3.96. The lowest BCUT2D eigenvalue weighted by Gasteiger charge is -2.10. The van der Waals surface area contributed by atoms with E-state index in [1.807, 2.05) is 12.1 Å². The molecule has 1 aromatic rings. The molecule has 0 radical (unpaired) electrons. The number of hydrogen-bond donors (Lipinski definition) is 0. The fourth-order valence-electron chi connectivity index (χ4n) is 1.28. The van der Waals surface area contributed by atoms with Gasteiger partial charge in [-0.1, -0.05) is 11.8 Å². The molecule has 112 valence electrons. The average Bonchev–Trinajstić information content (AvgIpc) is 2.89. The van der Waals surface area contributed by atoms with Crippen LogP contribution in [0, 0.1) is 35.5 Å². The highest BCUT2D eigenvalue weighted by atomic mass is 32.1. The smallest absolute Gasteiger partial charge is 0.303 e. The van der Waals surface area contributed by atoms with Crippen LogP contribution < -0.4 is 0 Å². The fraction of sp³-hybridized carbons (Fsp3) is 0.294. The maximum Gasteiger partial charge on any atom is 0.303 e. The van der Waals surface area contributed by atoms with Gasteiger partial charge in [0.1, 0.15) is 6.61 Å². The van der Waals surface area contributed by atoms with Crippen LogP contribution in [0.15, 0.2) is 12.1 Å². The van der Waals surface area contributed by atoms with Crippen molar-refractivity contribution < 1.29 is 19.1 Å². The number of thiophene rings is 1. The predicted octanol–water partition coefficient (Wildman–Crippen LogP) is 1.97. The summed E-state index contributed by atoms with van der Waals surface area (Å²) in [6.07, 6.45) is -0.788. The molecule has 1 unspecified atom stereocenters. The minimum absolute atomic E-state index is 0.0912. The van der Waals surface area contributed by atoms with Gasteiger partial charge in [0, 0.05) is 13.8 Å². The molecule has 0 spiro atoms. The number of rotatable bonds is 3. The van der Waals surface area contributed by atoms with Crippen LogP contribution in [-0.2, 0) is 19.1 Å². The highest BCUT2D eigenvalue weighted by Crippen LogP contribution is 2.14. The van der Waals surface area contributed by atoms with Crippen molar-refractivity contribution in [2.45, 2.75) is 26.9 Å². The molecule has 1 heterocycles. The van der Waals surface area contributed by atoms with Crippen LogP contribution >= 0.6 is 11.3 Å². The van der Waals surface area contributed by atoms with Crippen LogP contribution in [0.3, 0.4) is 0 Å². The molecule has 0 fully saturated rings. The second-order valence-corrected chi connectivity index (χ2v) is 5.04. The summed E-state index contributed by atoms with van der Waals surface area (Å²) in [4.78, 5) is 23.4. The summed E-state index contributed by atoms with van der Waals surface area (Å²) in [5, 5.41) is 0. The summed E-state index contributed by atoms with van der Waals surface area (Å²) in [6.45, 7) is 4.18. The number of carbonyl (C=O) groups is 2. The van der Waals surface area contributed by atoms with Gasteiger partial charge in [-0.15, -0.1) is 11.3 Å². The van der Waals surface area contributed by atoms with E-state index in [4.69, 9.17) is 9.47 Å². The van der Waals surface area contributed by atoms with Crippen molar-refractivity contribution in [2.75, 3.05) is 6.61 Å². The minimum atomic E-state index is -0.788. The van der Waals surface area contributed by atoms with Crippen LogP contribution in [0.25, 0.3) is 0 Å². The van der Waals surface area contributed by atoms with Crippen molar-refractivity contribution in [3.05, 3.63) is 21.9 Å². The molecule has 22 heavy (non-hydrogen) atoms. The summed E-state index contributed by atoms with van der Waals surface area (Å²) in [5.41, 5.74) is 0.